The SMILES string of the molecule is CC1(C)CC(NCc2ccc(C(C)(C)C)cc2)CN1. The summed E-state index contributed by atoms with van der Waals surface area (Å²) in [6, 6.07) is 9.61. The highest BCUT2D eigenvalue weighted by Crippen LogP contribution is 2.22. The van der Waals surface area contributed by atoms with Gasteiger partial charge >= 0.3 is 0 Å². The molecule has 0 aliphatic carbocycles. The predicted octanol–water partition coefficient (Wildman–Crippen LogP) is 3.21. The molecule has 1 atom stereocenters. The van der Waals surface area contributed by atoms with Crippen LogP contribution in [0.2, 0.25) is 0 Å². The minimum atomic E-state index is 0.241. The summed E-state index contributed by atoms with van der Waals surface area (Å²) in [5, 5.41) is 7.20. The molecule has 1 unspecified atom stereocenters. The molecule has 0 saturated carbocycles. The Morgan fingerprint density at radius 3 is 2.32 bits per heavy atom. The molecule has 0 radical (unpaired) electrons. The minimum absolute atomic E-state index is 0.241. The van der Waals surface area contributed by atoms with Crippen molar-refractivity contribution in [3.05, 3.63) is 35.4 Å². The lowest BCUT2D eigenvalue weighted by Gasteiger charge is -2.20. The molecular formula is C17H28N2. The molecular weight excluding hydrogens is 232 g/mol. The first kappa shape index (κ1) is 14.5. The van der Waals surface area contributed by atoms with E-state index in [0.717, 1.165) is 13.1 Å². The maximum absolute atomic E-state index is 3.65. The first-order chi connectivity index (χ1) is 8.76. The number of nitrogens with one attached hydrogen (secondary N) is 2. The average Bonchev–Trinajstić information content (AvgIpc) is 2.66. The van der Waals surface area contributed by atoms with Crippen molar-refractivity contribution < 1.29 is 0 Å². The summed E-state index contributed by atoms with van der Waals surface area (Å²) in [7, 11) is 0. The number of hydrogen-bond acceptors (Lipinski definition) is 2. The summed E-state index contributed by atoms with van der Waals surface area (Å²) < 4.78 is 0. The molecule has 0 bridgehead atoms. The minimum Gasteiger partial charge on any atom is -0.310 e. The Morgan fingerprint density at radius 2 is 1.84 bits per heavy atom. The maximum atomic E-state index is 3.65. The lowest BCUT2D eigenvalue weighted by Crippen LogP contribution is -2.31. The van der Waals surface area contributed by atoms with Crippen molar-refractivity contribution >= 4 is 0 Å². The van der Waals surface area contributed by atoms with Crippen molar-refractivity contribution in [1.82, 2.24) is 10.6 Å². The number of hydrogen-bond donors (Lipinski definition) is 2. The van der Waals surface area contributed by atoms with Gasteiger partial charge in [-0.2, -0.15) is 0 Å². The summed E-state index contributed by atoms with van der Waals surface area (Å²) in [6.07, 6.45) is 1.20. The van der Waals surface area contributed by atoms with Crippen LogP contribution in [0, 0.1) is 0 Å². The molecule has 1 aromatic carbocycles. The molecule has 0 amide bonds. The molecule has 2 N–H and O–H groups in total. The monoisotopic (exact) mass is 260 g/mol. The molecule has 2 heteroatoms. The summed E-state index contributed by atoms with van der Waals surface area (Å²) in [5.41, 5.74) is 3.30. The van der Waals surface area contributed by atoms with Crippen molar-refractivity contribution in [2.24, 2.45) is 0 Å². The highest BCUT2D eigenvalue weighted by atomic mass is 15.1. The standard InChI is InChI=1S/C17H28N2/c1-16(2,3)14-8-6-13(7-9-14)11-18-15-10-17(4,5)19-12-15/h6-9,15,18-19H,10-12H2,1-5H3. The molecule has 2 rings (SSSR count). The fourth-order valence-electron chi connectivity index (χ4n) is 2.69. The van der Waals surface area contributed by atoms with Crippen LogP contribution in [0.3, 0.4) is 0 Å². The Kier molecular flexibility index (Phi) is 4.03. The lowest BCUT2D eigenvalue weighted by atomic mass is 9.87. The Balaban J connectivity index is 1.87. The van der Waals surface area contributed by atoms with E-state index in [9.17, 15) is 0 Å². The van der Waals surface area contributed by atoms with E-state index in [1.165, 1.54) is 17.5 Å². The summed E-state index contributed by atoms with van der Waals surface area (Å²) in [6.45, 7) is 13.4. The molecule has 1 aliphatic rings. The van der Waals surface area contributed by atoms with Crippen LogP contribution in [0.1, 0.15) is 52.2 Å². The molecule has 106 valence electrons. The second kappa shape index (κ2) is 5.26. The van der Waals surface area contributed by atoms with E-state index in [0.29, 0.717) is 6.04 Å². The molecule has 0 aromatic heterocycles. The Hall–Kier alpha value is -0.860. The van der Waals surface area contributed by atoms with E-state index in [1.54, 1.807) is 0 Å². The van der Waals surface area contributed by atoms with Crippen LogP contribution in [0.25, 0.3) is 0 Å². The highest BCUT2D eigenvalue weighted by molar-refractivity contribution is 5.27. The predicted molar refractivity (Wildman–Crippen MR) is 82.5 cm³/mol. The van der Waals surface area contributed by atoms with Gasteiger partial charge in [-0.05, 0) is 36.8 Å². The van der Waals surface area contributed by atoms with Crippen LogP contribution in [-0.4, -0.2) is 18.1 Å². The Labute approximate surface area is 118 Å². The van der Waals surface area contributed by atoms with Crippen LogP contribution in [0.15, 0.2) is 24.3 Å². The molecule has 1 fully saturated rings. The van der Waals surface area contributed by atoms with Crippen LogP contribution >= 0.6 is 0 Å². The second-order valence-electron chi connectivity index (χ2n) is 7.49. The van der Waals surface area contributed by atoms with Gasteiger partial charge in [-0.3, -0.25) is 0 Å². The molecule has 1 saturated heterocycles. The summed E-state index contributed by atoms with van der Waals surface area (Å²) in [5.74, 6) is 0. The molecule has 1 heterocycles. The molecule has 19 heavy (non-hydrogen) atoms. The van der Waals surface area contributed by atoms with E-state index in [1.807, 2.05) is 0 Å². The van der Waals surface area contributed by atoms with E-state index < -0.39 is 0 Å². The van der Waals surface area contributed by atoms with Gasteiger partial charge in [-0.1, -0.05) is 45.0 Å². The topological polar surface area (TPSA) is 24.1 Å². The smallest absolute Gasteiger partial charge is 0.0213 e. The third-order valence-corrected chi connectivity index (χ3v) is 4.00. The summed E-state index contributed by atoms with van der Waals surface area (Å²) >= 11 is 0. The molecule has 2 nitrogen and oxygen atoms in total. The normalized spacial score (nSPS) is 22.7. The first-order valence-electron chi connectivity index (χ1n) is 7.34. The van der Waals surface area contributed by atoms with E-state index in [-0.39, 0.29) is 11.0 Å². The van der Waals surface area contributed by atoms with Gasteiger partial charge in [-0.25, -0.2) is 0 Å². The van der Waals surface area contributed by atoms with Gasteiger partial charge in [0.2, 0.25) is 0 Å². The average molecular weight is 260 g/mol. The van der Waals surface area contributed by atoms with Crippen molar-refractivity contribution in [2.45, 2.75) is 64.6 Å². The largest absolute Gasteiger partial charge is 0.310 e. The Bertz CT molecular complexity index is 412. The van der Waals surface area contributed by atoms with Crippen LogP contribution in [0.4, 0.5) is 0 Å². The van der Waals surface area contributed by atoms with Gasteiger partial charge in [0.15, 0.2) is 0 Å². The molecule has 1 aromatic rings. The fraction of sp³-hybridized carbons (Fsp3) is 0.647. The van der Waals surface area contributed by atoms with E-state index >= 15 is 0 Å². The van der Waals surface area contributed by atoms with Crippen LogP contribution < -0.4 is 10.6 Å². The van der Waals surface area contributed by atoms with Gasteiger partial charge < -0.3 is 10.6 Å². The van der Waals surface area contributed by atoms with Crippen molar-refractivity contribution in [2.75, 3.05) is 6.54 Å². The highest BCUT2D eigenvalue weighted by Gasteiger charge is 2.29. The zero-order valence-electron chi connectivity index (χ0n) is 13.0. The Morgan fingerprint density at radius 1 is 1.21 bits per heavy atom. The molecule has 0 spiro atoms. The van der Waals surface area contributed by atoms with Crippen molar-refractivity contribution in [1.29, 1.82) is 0 Å². The van der Waals surface area contributed by atoms with Crippen LogP contribution in [-0.2, 0) is 12.0 Å². The van der Waals surface area contributed by atoms with Crippen molar-refractivity contribution in [3.8, 4) is 0 Å². The zero-order valence-corrected chi connectivity index (χ0v) is 13.0. The van der Waals surface area contributed by atoms with Crippen LogP contribution in [0.5, 0.6) is 0 Å². The quantitative estimate of drug-likeness (QED) is 0.872. The van der Waals surface area contributed by atoms with Crippen molar-refractivity contribution in [3.63, 3.8) is 0 Å². The third-order valence-electron chi connectivity index (χ3n) is 4.00. The maximum Gasteiger partial charge on any atom is 0.0213 e. The van der Waals surface area contributed by atoms with E-state index in [2.05, 4.69) is 69.5 Å². The first-order valence-corrected chi connectivity index (χ1v) is 7.34. The molecule has 1 aliphatic heterocycles. The lowest BCUT2D eigenvalue weighted by molar-refractivity contribution is 0.442. The second-order valence-corrected chi connectivity index (χ2v) is 7.49. The van der Waals surface area contributed by atoms with Gasteiger partial charge in [-0.15, -0.1) is 0 Å². The number of benzene rings is 1. The summed E-state index contributed by atoms with van der Waals surface area (Å²) in [4.78, 5) is 0. The van der Waals surface area contributed by atoms with E-state index in [4.69, 9.17) is 0 Å². The van der Waals surface area contributed by atoms with Gasteiger partial charge in [0.25, 0.3) is 0 Å². The third kappa shape index (κ3) is 4.05. The van der Waals surface area contributed by atoms with Gasteiger partial charge in [0.05, 0.1) is 0 Å². The van der Waals surface area contributed by atoms with Gasteiger partial charge in [0, 0.05) is 24.7 Å². The number of rotatable bonds is 3. The zero-order chi connectivity index (χ0) is 14.1. The van der Waals surface area contributed by atoms with Gasteiger partial charge in [0.1, 0.15) is 0 Å². The fourth-order valence-corrected chi connectivity index (χ4v) is 2.69.